The Kier molecular flexibility index (Phi) is 5.59. The lowest BCUT2D eigenvalue weighted by atomic mass is 10.1. The van der Waals surface area contributed by atoms with Crippen molar-refractivity contribution in [3.63, 3.8) is 0 Å². The molecule has 0 bridgehead atoms. The van der Waals surface area contributed by atoms with E-state index >= 15 is 0 Å². The second-order valence-electron chi connectivity index (χ2n) is 6.92. The van der Waals surface area contributed by atoms with Crippen LogP contribution in [0.25, 0.3) is 10.9 Å². The summed E-state index contributed by atoms with van der Waals surface area (Å²) in [6.07, 6.45) is 0.115. The lowest BCUT2D eigenvalue weighted by Crippen LogP contribution is -2.10. The smallest absolute Gasteiger partial charge is 0.323 e. The number of carboxylic acids is 1. The molecule has 1 N–H and O–H groups in total. The van der Waals surface area contributed by atoms with E-state index in [2.05, 4.69) is 4.37 Å². The van der Waals surface area contributed by atoms with Crippen LogP contribution >= 0.6 is 23.1 Å². The molecule has 0 aliphatic carbocycles. The van der Waals surface area contributed by atoms with E-state index in [0.29, 0.717) is 27.0 Å². The molecule has 0 radical (unpaired) electrons. The van der Waals surface area contributed by atoms with Gasteiger partial charge < -0.3 is 9.67 Å². The molecule has 0 aliphatic heterocycles. The molecule has 4 rings (SSSR count). The first-order chi connectivity index (χ1) is 14.7. The van der Waals surface area contributed by atoms with Crippen molar-refractivity contribution in [1.29, 1.82) is 0 Å². The number of benzene rings is 2. The molecular formula is C21H16ClFN2O4S2. The van der Waals surface area contributed by atoms with Gasteiger partial charge in [0.1, 0.15) is 17.3 Å². The summed E-state index contributed by atoms with van der Waals surface area (Å²) in [5.74, 6) is -1.51. The third kappa shape index (κ3) is 3.84. The molecule has 0 fully saturated rings. The molecule has 0 saturated heterocycles. The predicted molar refractivity (Wildman–Crippen MR) is 116 cm³/mol. The fourth-order valence-corrected chi connectivity index (χ4v) is 6.77. The number of fused-ring (bicyclic) bond motifs is 1. The van der Waals surface area contributed by atoms with E-state index in [9.17, 15) is 22.7 Å². The van der Waals surface area contributed by atoms with Crippen LogP contribution < -0.4 is 0 Å². The van der Waals surface area contributed by atoms with E-state index in [1.165, 1.54) is 30.3 Å². The maximum atomic E-state index is 14.0. The molecule has 10 heteroatoms. The van der Waals surface area contributed by atoms with E-state index in [0.717, 1.165) is 11.5 Å². The number of hydrogen-bond donors (Lipinski definition) is 1. The summed E-state index contributed by atoms with van der Waals surface area (Å²) in [7, 11) is -3.92. The maximum Gasteiger partial charge on any atom is 0.323 e. The first kappa shape index (κ1) is 21.5. The third-order valence-corrected chi connectivity index (χ3v) is 8.37. The summed E-state index contributed by atoms with van der Waals surface area (Å²) < 4.78 is 46.0. The van der Waals surface area contributed by atoms with Crippen LogP contribution in [0.2, 0.25) is 5.15 Å². The van der Waals surface area contributed by atoms with Crippen molar-refractivity contribution < 1.29 is 22.7 Å². The second kappa shape index (κ2) is 8.07. The van der Waals surface area contributed by atoms with Crippen molar-refractivity contribution in [3.8, 4) is 0 Å². The van der Waals surface area contributed by atoms with Crippen LogP contribution in [0.3, 0.4) is 0 Å². The number of hydrogen-bond acceptors (Lipinski definition) is 5. The second-order valence-corrected chi connectivity index (χ2v) is 10.0. The molecule has 0 aliphatic rings. The number of sulfone groups is 1. The minimum Gasteiger partial charge on any atom is -0.480 e. The van der Waals surface area contributed by atoms with Crippen LogP contribution in [0.1, 0.15) is 16.1 Å². The Balaban J connectivity index is 1.88. The van der Waals surface area contributed by atoms with Crippen molar-refractivity contribution in [2.75, 3.05) is 0 Å². The van der Waals surface area contributed by atoms with Crippen molar-refractivity contribution in [3.05, 3.63) is 75.6 Å². The minimum atomic E-state index is -3.92. The number of rotatable bonds is 6. The van der Waals surface area contributed by atoms with Gasteiger partial charge in [0, 0.05) is 23.0 Å². The summed E-state index contributed by atoms with van der Waals surface area (Å²) in [4.78, 5) is 11.8. The van der Waals surface area contributed by atoms with Crippen LogP contribution in [0.5, 0.6) is 0 Å². The van der Waals surface area contributed by atoms with Gasteiger partial charge in [-0.05, 0) is 54.4 Å². The van der Waals surface area contributed by atoms with Gasteiger partial charge >= 0.3 is 5.97 Å². The average molecular weight is 479 g/mol. The van der Waals surface area contributed by atoms with Crippen LogP contribution in [0.15, 0.2) is 58.3 Å². The van der Waals surface area contributed by atoms with Crippen LogP contribution in [-0.2, 0) is 27.6 Å². The van der Waals surface area contributed by atoms with Crippen LogP contribution in [-0.4, -0.2) is 28.4 Å². The lowest BCUT2D eigenvalue weighted by Gasteiger charge is -2.07. The largest absolute Gasteiger partial charge is 0.480 e. The van der Waals surface area contributed by atoms with Gasteiger partial charge in [0.2, 0.25) is 9.84 Å². The first-order valence-electron chi connectivity index (χ1n) is 9.13. The van der Waals surface area contributed by atoms with E-state index < -0.39 is 21.6 Å². The monoisotopic (exact) mass is 478 g/mol. The van der Waals surface area contributed by atoms with Gasteiger partial charge in [-0.15, -0.1) is 0 Å². The topological polar surface area (TPSA) is 89.3 Å². The van der Waals surface area contributed by atoms with E-state index in [1.54, 1.807) is 29.7 Å². The highest BCUT2D eigenvalue weighted by Gasteiger charge is 2.29. The van der Waals surface area contributed by atoms with Crippen molar-refractivity contribution in [2.45, 2.75) is 29.7 Å². The molecule has 2 heterocycles. The molecule has 2 aromatic heterocycles. The van der Waals surface area contributed by atoms with Gasteiger partial charge in [-0.25, -0.2) is 12.8 Å². The minimum absolute atomic E-state index is 0.0831. The molecule has 160 valence electrons. The molecule has 0 saturated carbocycles. The normalized spacial score (nSPS) is 11.8. The fraction of sp³-hybridized carbons (Fsp3) is 0.143. The van der Waals surface area contributed by atoms with Gasteiger partial charge in [-0.1, -0.05) is 29.8 Å². The van der Waals surface area contributed by atoms with Gasteiger partial charge in [-0.2, -0.15) is 4.37 Å². The molecule has 0 spiro atoms. The molecule has 4 aromatic rings. The Bertz CT molecular complexity index is 1410. The Morgan fingerprint density at radius 2 is 1.94 bits per heavy atom. The quantitative estimate of drug-likeness (QED) is 0.433. The van der Waals surface area contributed by atoms with E-state index in [-0.39, 0.29) is 27.9 Å². The Morgan fingerprint density at radius 3 is 2.61 bits per heavy atom. The number of nitrogens with zero attached hydrogens (tertiary/aromatic N) is 2. The van der Waals surface area contributed by atoms with Crippen molar-refractivity contribution in [1.82, 2.24) is 8.94 Å². The SMILES string of the molecule is Cc1c(Cc2snc(Cl)c2S(=O)(=O)c2ccccc2)c2cc(F)ccc2n1CC(=O)O. The Labute approximate surface area is 186 Å². The van der Waals surface area contributed by atoms with Gasteiger partial charge in [0.15, 0.2) is 5.15 Å². The highest BCUT2D eigenvalue weighted by Crippen LogP contribution is 2.37. The number of aliphatic carboxylic acids is 1. The number of carboxylic acid groups (broad SMARTS) is 1. The maximum absolute atomic E-state index is 14.0. The number of carbonyl (C=O) groups is 1. The lowest BCUT2D eigenvalue weighted by molar-refractivity contribution is -0.137. The summed E-state index contributed by atoms with van der Waals surface area (Å²) in [6, 6.07) is 12.0. The first-order valence-corrected chi connectivity index (χ1v) is 11.8. The zero-order valence-electron chi connectivity index (χ0n) is 16.2. The molecule has 0 unspecified atom stereocenters. The fourth-order valence-electron chi connectivity index (χ4n) is 3.63. The van der Waals surface area contributed by atoms with Gasteiger partial charge in [0.25, 0.3) is 0 Å². The van der Waals surface area contributed by atoms with Crippen molar-refractivity contribution in [2.24, 2.45) is 0 Å². The van der Waals surface area contributed by atoms with E-state index in [1.807, 2.05) is 0 Å². The molecule has 31 heavy (non-hydrogen) atoms. The van der Waals surface area contributed by atoms with Gasteiger partial charge in [-0.3, -0.25) is 4.79 Å². The summed E-state index contributed by atoms with van der Waals surface area (Å²) in [5.41, 5.74) is 1.79. The summed E-state index contributed by atoms with van der Waals surface area (Å²) >= 11 is 7.14. The Hall–Kier alpha value is -2.75. The van der Waals surface area contributed by atoms with Gasteiger partial charge in [0.05, 0.1) is 9.77 Å². The average Bonchev–Trinajstić information content (AvgIpc) is 3.21. The zero-order valence-corrected chi connectivity index (χ0v) is 18.6. The Morgan fingerprint density at radius 1 is 1.23 bits per heavy atom. The third-order valence-electron chi connectivity index (χ3n) is 5.05. The highest BCUT2D eigenvalue weighted by molar-refractivity contribution is 7.91. The summed E-state index contributed by atoms with van der Waals surface area (Å²) in [6.45, 7) is 1.43. The predicted octanol–water partition coefficient (Wildman–Crippen LogP) is 4.71. The highest BCUT2D eigenvalue weighted by atomic mass is 35.5. The molecule has 0 amide bonds. The van der Waals surface area contributed by atoms with Crippen molar-refractivity contribution >= 4 is 49.8 Å². The molecule has 2 aromatic carbocycles. The number of aromatic nitrogens is 2. The van der Waals surface area contributed by atoms with E-state index in [4.69, 9.17) is 11.6 Å². The standard InChI is InChI=1S/C21H16ClFN2O4S2/c1-12-15(16-9-13(23)7-8-17(16)25(12)11-19(26)27)10-18-20(21(22)24-30-18)31(28,29)14-5-3-2-4-6-14/h2-9H,10-11H2,1H3,(H,26,27). The molecule has 0 atom stereocenters. The molecular weight excluding hydrogens is 463 g/mol. The van der Waals surface area contributed by atoms with Crippen LogP contribution in [0.4, 0.5) is 4.39 Å². The zero-order chi connectivity index (χ0) is 22.3. The molecule has 6 nitrogen and oxygen atoms in total. The number of halogens is 2. The summed E-state index contributed by atoms with van der Waals surface area (Å²) in [5, 5.41) is 9.68. The van der Waals surface area contributed by atoms with Crippen LogP contribution in [0, 0.1) is 12.7 Å².